The molecule has 0 radical (unpaired) electrons. The second-order valence-electron chi connectivity index (χ2n) is 3.63. The number of hydrogen-bond acceptors (Lipinski definition) is 3. The molecule has 1 atom stereocenters. The highest BCUT2D eigenvalue weighted by Gasteiger charge is 2.48. The van der Waals surface area contributed by atoms with Gasteiger partial charge in [0.05, 0.1) is 6.54 Å². The molecule has 1 saturated heterocycles. The molecule has 1 N–H and O–H groups in total. The van der Waals surface area contributed by atoms with E-state index in [-0.39, 0.29) is 12.6 Å². The van der Waals surface area contributed by atoms with Gasteiger partial charge in [0.25, 0.3) is 0 Å². The second kappa shape index (κ2) is 2.90. The smallest absolute Gasteiger partial charge is 0.411 e. The van der Waals surface area contributed by atoms with Crippen molar-refractivity contribution < 1.29 is 19.4 Å². The topological polar surface area (TPSA) is 66.8 Å². The van der Waals surface area contributed by atoms with Crippen molar-refractivity contribution >= 4 is 12.1 Å². The van der Waals surface area contributed by atoms with E-state index in [0.717, 1.165) is 0 Å². The van der Waals surface area contributed by atoms with Crippen LogP contribution in [0.15, 0.2) is 0 Å². The minimum absolute atomic E-state index is 0.0336. The Morgan fingerprint density at radius 3 is 2.46 bits per heavy atom. The molecule has 0 aliphatic carbocycles. The van der Waals surface area contributed by atoms with Gasteiger partial charge >= 0.3 is 12.1 Å². The summed E-state index contributed by atoms with van der Waals surface area (Å²) in [5, 5.41) is 8.79. The van der Waals surface area contributed by atoms with Crippen molar-refractivity contribution in [2.45, 2.75) is 32.4 Å². The predicted octanol–water partition coefficient (Wildman–Crippen LogP) is 0.690. The zero-order valence-electron chi connectivity index (χ0n) is 7.90. The lowest BCUT2D eigenvalue weighted by Crippen LogP contribution is -2.41. The van der Waals surface area contributed by atoms with Gasteiger partial charge in [-0.05, 0) is 20.8 Å². The Hall–Kier alpha value is -1.26. The Balaban J connectivity index is 2.81. The van der Waals surface area contributed by atoms with Crippen LogP contribution in [0.5, 0.6) is 0 Å². The van der Waals surface area contributed by atoms with Gasteiger partial charge < -0.3 is 14.7 Å². The molecular weight excluding hydrogens is 174 g/mol. The summed E-state index contributed by atoms with van der Waals surface area (Å²) in [5.74, 6) is -1.11. The molecule has 0 aromatic carbocycles. The molecule has 0 spiro atoms. The second-order valence-corrected chi connectivity index (χ2v) is 3.63. The number of carboxylic acid groups (broad SMARTS) is 1. The van der Waals surface area contributed by atoms with Crippen molar-refractivity contribution in [2.24, 2.45) is 0 Å². The summed E-state index contributed by atoms with van der Waals surface area (Å²) in [6.07, 6.45) is -0.556. The van der Waals surface area contributed by atoms with E-state index in [1.165, 1.54) is 11.8 Å². The summed E-state index contributed by atoms with van der Waals surface area (Å²) in [6.45, 7) is 5.14. The molecule has 0 bridgehead atoms. The first kappa shape index (κ1) is 9.83. The maximum Gasteiger partial charge on any atom is 0.411 e. The number of hydrogen-bond donors (Lipinski definition) is 1. The zero-order chi connectivity index (χ0) is 10.2. The Morgan fingerprint density at radius 2 is 2.23 bits per heavy atom. The number of nitrogens with zero attached hydrogens (tertiary/aromatic N) is 1. The average Bonchev–Trinajstić information content (AvgIpc) is 2.28. The molecule has 74 valence electrons. The van der Waals surface area contributed by atoms with E-state index in [9.17, 15) is 9.59 Å². The lowest BCUT2D eigenvalue weighted by Gasteiger charge is -2.18. The number of carbonyl (C=O) groups excluding carboxylic acids is 1. The van der Waals surface area contributed by atoms with Crippen LogP contribution < -0.4 is 0 Å². The Labute approximate surface area is 76.3 Å². The SMILES string of the molecule is CC(C)N1CC(C)(C(=O)O)OC1=O. The van der Waals surface area contributed by atoms with Crippen molar-refractivity contribution in [3.05, 3.63) is 0 Å². The summed E-state index contributed by atoms with van der Waals surface area (Å²) in [7, 11) is 0. The normalized spacial score (nSPS) is 28.0. The van der Waals surface area contributed by atoms with Gasteiger partial charge in [-0.3, -0.25) is 0 Å². The van der Waals surface area contributed by atoms with Gasteiger partial charge in [-0.25, -0.2) is 9.59 Å². The monoisotopic (exact) mass is 187 g/mol. The molecule has 0 saturated carbocycles. The third-order valence-corrected chi connectivity index (χ3v) is 2.09. The van der Waals surface area contributed by atoms with Crippen LogP contribution in [-0.4, -0.2) is 40.3 Å². The Bertz CT molecular complexity index is 251. The van der Waals surface area contributed by atoms with E-state index in [1.54, 1.807) is 0 Å². The number of carbonyl (C=O) groups is 2. The van der Waals surface area contributed by atoms with Crippen LogP contribution in [-0.2, 0) is 9.53 Å². The summed E-state index contributed by atoms with van der Waals surface area (Å²) >= 11 is 0. The molecule has 0 aromatic rings. The molecule has 5 heteroatoms. The highest BCUT2D eigenvalue weighted by atomic mass is 16.6. The average molecular weight is 187 g/mol. The molecule has 0 aromatic heterocycles. The maximum atomic E-state index is 11.2. The van der Waals surface area contributed by atoms with Crippen molar-refractivity contribution in [1.82, 2.24) is 4.90 Å². The fraction of sp³-hybridized carbons (Fsp3) is 0.750. The van der Waals surface area contributed by atoms with E-state index < -0.39 is 17.7 Å². The van der Waals surface area contributed by atoms with E-state index in [1.807, 2.05) is 13.8 Å². The number of aliphatic carboxylic acids is 1. The number of rotatable bonds is 2. The van der Waals surface area contributed by atoms with Crippen LogP contribution in [0.1, 0.15) is 20.8 Å². The fourth-order valence-electron chi connectivity index (χ4n) is 1.18. The molecule has 1 aliphatic rings. The molecule has 1 heterocycles. The predicted molar refractivity (Wildman–Crippen MR) is 44.4 cm³/mol. The Morgan fingerprint density at radius 1 is 1.69 bits per heavy atom. The number of ether oxygens (including phenoxy) is 1. The van der Waals surface area contributed by atoms with Crippen LogP contribution >= 0.6 is 0 Å². The van der Waals surface area contributed by atoms with Crippen LogP contribution in [0.3, 0.4) is 0 Å². The third-order valence-electron chi connectivity index (χ3n) is 2.09. The molecule has 1 rings (SSSR count). The number of carboxylic acids is 1. The summed E-state index contributed by atoms with van der Waals surface area (Å²) in [4.78, 5) is 23.3. The summed E-state index contributed by atoms with van der Waals surface area (Å²) in [5.41, 5.74) is -1.39. The van der Waals surface area contributed by atoms with Gasteiger partial charge in [0, 0.05) is 6.04 Å². The van der Waals surface area contributed by atoms with Gasteiger partial charge in [-0.15, -0.1) is 0 Å². The minimum Gasteiger partial charge on any atom is -0.478 e. The van der Waals surface area contributed by atoms with E-state index in [4.69, 9.17) is 9.84 Å². The van der Waals surface area contributed by atoms with Gasteiger partial charge in [0.1, 0.15) is 0 Å². The van der Waals surface area contributed by atoms with E-state index in [2.05, 4.69) is 0 Å². The molecule has 1 unspecified atom stereocenters. The Kier molecular flexibility index (Phi) is 2.19. The fourth-order valence-corrected chi connectivity index (χ4v) is 1.18. The summed E-state index contributed by atoms with van der Waals surface area (Å²) < 4.78 is 4.77. The van der Waals surface area contributed by atoms with E-state index in [0.29, 0.717) is 0 Å². The lowest BCUT2D eigenvalue weighted by molar-refractivity contribution is -0.153. The van der Waals surface area contributed by atoms with Crippen LogP contribution in [0.2, 0.25) is 0 Å². The first-order valence-electron chi connectivity index (χ1n) is 4.10. The lowest BCUT2D eigenvalue weighted by atomic mass is 10.1. The van der Waals surface area contributed by atoms with Crippen LogP contribution in [0.4, 0.5) is 4.79 Å². The number of amides is 1. The highest BCUT2D eigenvalue weighted by Crippen LogP contribution is 2.24. The molecule has 1 amide bonds. The van der Waals surface area contributed by atoms with Crippen LogP contribution in [0, 0.1) is 0 Å². The van der Waals surface area contributed by atoms with Gasteiger partial charge in [0.2, 0.25) is 5.60 Å². The maximum absolute atomic E-state index is 11.2. The first-order valence-corrected chi connectivity index (χ1v) is 4.10. The first-order chi connectivity index (χ1) is 5.87. The quantitative estimate of drug-likeness (QED) is 0.690. The molecule has 1 aliphatic heterocycles. The van der Waals surface area contributed by atoms with Gasteiger partial charge in [-0.2, -0.15) is 0 Å². The molecular formula is C8H13NO4. The summed E-state index contributed by atoms with van der Waals surface area (Å²) in [6, 6.07) is -0.0336. The third kappa shape index (κ3) is 1.59. The van der Waals surface area contributed by atoms with Crippen molar-refractivity contribution in [2.75, 3.05) is 6.54 Å². The zero-order valence-corrected chi connectivity index (χ0v) is 7.90. The van der Waals surface area contributed by atoms with Gasteiger partial charge in [0.15, 0.2) is 0 Å². The van der Waals surface area contributed by atoms with Crippen LogP contribution in [0.25, 0.3) is 0 Å². The molecule has 1 fully saturated rings. The molecule has 13 heavy (non-hydrogen) atoms. The van der Waals surface area contributed by atoms with Crippen molar-refractivity contribution in [3.63, 3.8) is 0 Å². The largest absolute Gasteiger partial charge is 0.478 e. The van der Waals surface area contributed by atoms with Gasteiger partial charge in [-0.1, -0.05) is 0 Å². The van der Waals surface area contributed by atoms with Crippen molar-refractivity contribution in [1.29, 1.82) is 0 Å². The number of cyclic esters (lactones) is 1. The highest BCUT2D eigenvalue weighted by molar-refractivity contribution is 5.84. The van der Waals surface area contributed by atoms with E-state index >= 15 is 0 Å². The molecule has 5 nitrogen and oxygen atoms in total. The van der Waals surface area contributed by atoms with Crippen molar-refractivity contribution in [3.8, 4) is 0 Å². The standard InChI is InChI=1S/C8H13NO4/c1-5(2)9-4-8(3,6(10)11)13-7(9)12/h5H,4H2,1-3H3,(H,10,11). The minimum atomic E-state index is -1.39.